The molecule has 2 aromatic carbocycles. The van der Waals surface area contributed by atoms with E-state index in [1.165, 1.54) is 13.2 Å². The minimum Gasteiger partial charge on any atom is -0.497 e. The fraction of sp³-hybridized carbons (Fsp3) is 0.0556. The van der Waals surface area contributed by atoms with E-state index < -0.39 is 17.4 Å². The van der Waals surface area contributed by atoms with Crippen molar-refractivity contribution in [2.45, 2.75) is 0 Å². The van der Waals surface area contributed by atoms with E-state index in [9.17, 15) is 14.4 Å². The Balaban J connectivity index is 1.91. The Labute approximate surface area is 136 Å². The van der Waals surface area contributed by atoms with Crippen molar-refractivity contribution in [3.05, 3.63) is 76.1 Å². The zero-order chi connectivity index (χ0) is 17.1. The first-order valence-corrected chi connectivity index (χ1v) is 7.11. The Bertz CT molecular complexity index is 976. The highest BCUT2D eigenvalue weighted by molar-refractivity contribution is 6.10. The van der Waals surface area contributed by atoms with Crippen LogP contribution in [0, 0.1) is 0 Å². The average molecular weight is 323 g/mol. The quantitative estimate of drug-likeness (QED) is 0.591. The molecule has 0 atom stereocenters. The first kappa shape index (κ1) is 15.5. The summed E-state index contributed by atoms with van der Waals surface area (Å²) in [6, 6.07) is 14.5. The van der Waals surface area contributed by atoms with Crippen LogP contribution in [-0.4, -0.2) is 18.9 Å². The van der Waals surface area contributed by atoms with Crippen molar-refractivity contribution >= 4 is 22.8 Å². The molecule has 0 aliphatic heterocycles. The largest absolute Gasteiger partial charge is 0.497 e. The van der Waals surface area contributed by atoms with Gasteiger partial charge in [0.2, 0.25) is 0 Å². The number of benzene rings is 2. The van der Waals surface area contributed by atoms with Crippen LogP contribution >= 0.6 is 0 Å². The summed E-state index contributed by atoms with van der Waals surface area (Å²) in [4.78, 5) is 36.2. The molecular weight excluding hydrogens is 310 g/mol. The lowest BCUT2D eigenvalue weighted by atomic mass is 10.1. The molecule has 120 valence electrons. The van der Waals surface area contributed by atoms with Gasteiger partial charge < -0.3 is 9.15 Å². The number of hydrogen-bond donors (Lipinski definition) is 1. The number of fused-ring (bicyclic) bond motifs is 1. The molecule has 0 saturated carbocycles. The second kappa shape index (κ2) is 6.37. The second-order valence-corrected chi connectivity index (χ2v) is 5.00. The standard InChI is InChI=1S/C18H13NO5/c1-23-13-8-7-12-9-14(18(22)24-15(12)10-13)17(21)19-16(20)11-5-3-2-4-6-11/h2-10H,1H3,(H,19,20,21). The SMILES string of the molecule is COc1ccc2cc(C(=O)NC(=O)c3ccccc3)c(=O)oc2c1. The third kappa shape index (κ3) is 3.03. The van der Waals surface area contributed by atoms with Gasteiger partial charge in [0.05, 0.1) is 7.11 Å². The number of amides is 2. The van der Waals surface area contributed by atoms with Crippen LogP contribution in [0.2, 0.25) is 0 Å². The van der Waals surface area contributed by atoms with E-state index in [2.05, 4.69) is 5.32 Å². The molecule has 1 aromatic heterocycles. The third-order valence-electron chi connectivity index (χ3n) is 3.45. The normalized spacial score (nSPS) is 10.4. The molecule has 2 amide bonds. The van der Waals surface area contributed by atoms with Gasteiger partial charge in [-0.15, -0.1) is 0 Å². The molecule has 0 aliphatic rings. The Morgan fingerprint density at radius 2 is 1.75 bits per heavy atom. The van der Waals surface area contributed by atoms with E-state index in [4.69, 9.17) is 9.15 Å². The molecule has 3 rings (SSSR count). The van der Waals surface area contributed by atoms with E-state index in [1.807, 2.05) is 0 Å². The monoisotopic (exact) mass is 323 g/mol. The first-order chi connectivity index (χ1) is 11.6. The van der Waals surface area contributed by atoms with Crippen molar-refractivity contribution < 1.29 is 18.7 Å². The van der Waals surface area contributed by atoms with Gasteiger partial charge in [0.15, 0.2) is 0 Å². The number of ether oxygens (including phenoxy) is 1. The lowest BCUT2D eigenvalue weighted by Crippen LogP contribution is -2.33. The third-order valence-corrected chi connectivity index (χ3v) is 3.45. The molecule has 1 N–H and O–H groups in total. The smallest absolute Gasteiger partial charge is 0.349 e. The summed E-state index contributed by atoms with van der Waals surface area (Å²) < 4.78 is 10.2. The maximum atomic E-state index is 12.2. The van der Waals surface area contributed by atoms with Crippen molar-refractivity contribution in [1.29, 1.82) is 0 Å². The Kier molecular flexibility index (Phi) is 4.11. The van der Waals surface area contributed by atoms with Crippen LogP contribution in [0.5, 0.6) is 5.75 Å². The van der Waals surface area contributed by atoms with Crippen LogP contribution in [-0.2, 0) is 0 Å². The molecule has 0 unspecified atom stereocenters. The number of carbonyl (C=O) groups excluding carboxylic acids is 2. The zero-order valence-electron chi connectivity index (χ0n) is 12.7. The summed E-state index contributed by atoms with van der Waals surface area (Å²) in [7, 11) is 1.50. The highest BCUT2D eigenvalue weighted by Gasteiger charge is 2.17. The number of rotatable bonds is 3. The molecular formula is C18H13NO5. The first-order valence-electron chi connectivity index (χ1n) is 7.11. The van der Waals surface area contributed by atoms with Crippen molar-refractivity contribution in [2.75, 3.05) is 7.11 Å². The molecule has 1 heterocycles. The highest BCUT2D eigenvalue weighted by Crippen LogP contribution is 2.20. The summed E-state index contributed by atoms with van der Waals surface area (Å²) in [5.74, 6) is -0.868. The number of hydrogen-bond acceptors (Lipinski definition) is 5. The summed E-state index contributed by atoms with van der Waals surface area (Å²) in [5, 5.41) is 2.73. The van der Waals surface area contributed by atoms with Gasteiger partial charge in [-0.2, -0.15) is 0 Å². The Hall–Kier alpha value is -3.41. The van der Waals surface area contributed by atoms with Gasteiger partial charge in [-0.3, -0.25) is 14.9 Å². The van der Waals surface area contributed by atoms with E-state index in [0.29, 0.717) is 22.3 Å². The Morgan fingerprint density at radius 1 is 1.00 bits per heavy atom. The number of imide groups is 1. The van der Waals surface area contributed by atoms with Gasteiger partial charge in [0, 0.05) is 17.0 Å². The molecule has 6 heteroatoms. The topological polar surface area (TPSA) is 85.6 Å². The molecule has 6 nitrogen and oxygen atoms in total. The molecule has 0 bridgehead atoms. The van der Waals surface area contributed by atoms with Crippen molar-refractivity contribution in [1.82, 2.24) is 5.32 Å². The summed E-state index contributed by atoms with van der Waals surface area (Å²) in [6.45, 7) is 0. The maximum absolute atomic E-state index is 12.2. The minimum absolute atomic E-state index is 0.239. The number of methoxy groups -OCH3 is 1. The van der Waals surface area contributed by atoms with Crippen LogP contribution in [0.25, 0.3) is 11.0 Å². The minimum atomic E-state index is -0.825. The molecule has 0 radical (unpaired) electrons. The maximum Gasteiger partial charge on any atom is 0.349 e. The number of nitrogens with one attached hydrogen (secondary N) is 1. The van der Waals surface area contributed by atoms with Crippen LogP contribution in [0.15, 0.2) is 63.8 Å². The van der Waals surface area contributed by atoms with E-state index in [0.717, 1.165) is 0 Å². The van der Waals surface area contributed by atoms with Crippen LogP contribution < -0.4 is 15.7 Å². The molecule has 0 aliphatic carbocycles. The van der Waals surface area contributed by atoms with E-state index in [-0.39, 0.29) is 5.56 Å². The molecule has 0 fully saturated rings. The second-order valence-electron chi connectivity index (χ2n) is 5.00. The van der Waals surface area contributed by atoms with Crippen LogP contribution in [0.4, 0.5) is 0 Å². The summed E-state index contributed by atoms with van der Waals surface area (Å²) in [5.41, 5.74) is -0.447. The van der Waals surface area contributed by atoms with Crippen LogP contribution in [0.3, 0.4) is 0 Å². The highest BCUT2D eigenvalue weighted by atomic mass is 16.5. The van der Waals surface area contributed by atoms with Gasteiger partial charge in [-0.25, -0.2) is 4.79 Å². The summed E-state index contributed by atoms with van der Waals surface area (Å²) in [6.07, 6.45) is 0. The fourth-order valence-corrected chi connectivity index (χ4v) is 2.21. The van der Waals surface area contributed by atoms with Crippen molar-refractivity contribution in [3.8, 4) is 5.75 Å². The average Bonchev–Trinajstić information content (AvgIpc) is 2.61. The molecule has 3 aromatic rings. The van der Waals surface area contributed by atoms with Crippen molar-refractivity contribution in [2.24, 2.45) is 0 Å². The van der Waals surface area contributed by atoms with Gasteiger partial charge in [-0.05, 0) is 30.3 Å². The fourth-order valence-electron chi connectivity index (χ4n) is 2.21. The lowest BCUT2D eigenvalue weighted by molar-refractivity contribution is 0.0847. The van der Waals surface area contributed by atoms with Gasteiger partial charge >= 0.3 is 5.63 Å². The predicted molar refractivity (Wildman–Crippen MR) is 87.3 cm³/mol. The zero-order valence-corrected chi connectivity index (χ0v) is 12.7. The van der Waals surface area contributed by atoms with Gasteiger partial charge in [0.1, 0.15) is 16.9 Å². The summed E-state index contributed by atoms with van der Waals surface area (Å²) >= 11 is 0. The number of carbonyl (C=O) groups is 2. The van der Waals surface area contributed by atoms with E-state index in [1.54, 1.807) is 48.5 Å². The predicted octanol–water partition coefficient (Wildman–Crippen LogP) is 2.37. The molecule has 0 saturated heterocycles. The molecule has 0 spiro atoms. The van der Waals surface area contributed by atoms with Gasteiger partial charge in [0.25, 0.3) is 11.8 Å². The molecule has 24 heavy (non-hydrogen) atoms. The van der Waals surface area contributed by atoms with Crippen molar-refractivity contribution in [3.63, 3.8) is 0 Å². The van der Waals surface area contributed by atoms with Crippen LogP contribution in [0.1, 0.15) is 20.7 Å². The lowest BCUT2D eigenvalue weighted by Gasteiger charge is -2.05. The van der Waals surface area contributed by atoms with E-state index >= 15 is 0 Å². The van der Waals surface area contributed by atoms with Gasteiger partial charge in [-0.1, -0.05) is 18.2 Å². The Morgan fingerprint density at radius 3 is 2.46 bits per heavy atom.